The van der Waals surface area contributed by atoms with Crippen LogP contribution in [0.5, 0.6) is 0 Å². The molecule has 1 unspecified atom stereocenters. The fourth-order valence-electron chi connectivity index (χ4n) is 1.62. The molecule has 1 heterocycles. The molecule has 1 rings (SSSR count). The van der Waals surface area contributed by atoms with Gasteiger partial charge in [-0.25, -0.2) is 4.79 Å². The van der Waals surface area contributed by atoms with E-state index in [1.54, 1.807) is 0 Å². The van der Waals surface area contributed by atoms with Gasteiger partial charge in [-0.1, -0.05) is 0 Å². The van der Waals surface area contributed by atoms with Gasteiger partial charge < -0.3 is 17.0 Å². The summed E-state index contributed by atoms with van der Waals surface area (Å²) in [5.41, 5.74) is 0. The second-order valence-electron chi connectivity index (χ2n) is 3.50. The van der Waals surface area contributed by atoms with Crippen molar-refractivity contribution in [3.8, 4) is 0 Å². The van der Waals surface area contributed by atoms with Gasteiger partial charge >= 0.3 is 74.9 Å². The van der Waals surface area contributed by atoms with Crippen molar-refractivity contribution in [2.45, 2.75) is 18.9 Å². The Morgan fingerprint density at radius 2 is 2.00 bits per heavy atom. The van der Waals surface area contributed by atoms with Gasteiger partial charge in [0.05, 0.1) is 20.6 Å². The van der Waals surface area contributed by atoms with Crippen LogP contribution in [0.3, 0.4) is 0 Å². The van der Waals surface area contributed by atoms with Crippen LogP contribution in [0.2, 0.25) is 0 Å². The zero-order valence-corrected chi connectivity index (χ0v) is 14.8. The van der Waals surface area contributed by atoms with Crippen LogP contribution < -0.4 is 68.9 Å². The number of carboxylic acids is 1. The molecule has 4 heteroatoms. The van der Waals surface area contributed by atoms with Crippen molar-refractivity contribution in [2.75, 3.05) is 20.6 Å². The molecule has 66 valence electrons. The minimum absolute atomic E-state index is 0. The molecule has 1 fully saturated rings. The number of carboxylic acid groups (broad SMARTS) is 1. The van der Waals surface area contributed by atoms with Crippen LogP contribution in [-0.2, 0) is 4.79 Å². The Morgan fingerprint density at radius 3 is 2.17 bits per heavy atom. The van der Waals surface area contributed by atoms with Crippen LogP contribution in [0, 0.1) is 7.43 Å². The average molecular weight is 292 g/mol. The minimum Gasteiger partial charge on any atom is -0.477 e. The summed E-state index contributed by atoms with van der Waals surface area (Å²) in [6.07, 6.45) is 1.88. The summed E-state index contributed by atoms with van der Waals surface area (Å²) in [5.74, 6) is -0.650. The van der Waals surface area contributed by atoms with Crippen LogP contribution in [-0.4, -0.2) is 42.2 Å². The molecule has 1 atom stereocenters. The van der Waals surface area contributed by atoms with Crippen molar-refractivity contribution in [3.05, 3.63) is 7.43 Å². The van der Waals surface area contributed by atoms with E-state index in [0.29, 0.717) is 4.48 Å². The van der Waals surface area contributed by atoms with Gasteiger partial charge in [-0.3, -0.25) is 0 Å². The Bertz CT molecular complexity index is 159. The van der Waals surface area contributed by atoms with Gasteiger partial charge in [0.2, 0.25) is 0 Å². The molecule has 0 bridgehead atoms. The Hall–Kier alpha value is 1.48. The van der Waals surface area contributed by atoms with Crippen LogP contribution >= 0.6 is 0 Å². The number of likely N-dealkylation sites (tertiary alicyclic amines) is 1. The van der Waals surface area contributed by atoms with Gasteiger partial charge in [0.15, 0.2) is 6.04 Å². The molecule has 0 aromatic heterocycles. The topological polar surface area (TPSA) is 37.3 Å². The van der Waals surface area contributed by atoms with E-state index < -0.39 is 5.97 Å². The molecular weight excluding hydrogens is 275 g/mol. The van der Waals surface area contributed by atoms with Crippen LogP contribution in [0.4, 0.5) is 0 Å². The summed E-state index contributed by atoms with van der Waals surface area (Å²) in [6.45, 7) is 0.997. The molecule has 1 N–H and O–H groups in total. The second-order valence-corrected chi connectivity index (χ2v) is 3.50. The number of carbonyl (C=O) groups is 1. The summed E-state index contributed by atoms with van der Waals surface area (Å²) >= 11 is 0. The zero-order chi connectivity index (χ0) is 7.78. The number of rotatable bonds is 1. The molecule has 1 aliphatic rings. The van der Waals surface area contributed by atoms with E-state index >= 15 is 0 Å². The number of hydrogen-bond acceptors (Lipinski definition) is 1. The number of nitrogens with zero attached hydrogens (tertiary/aromatic N) is 1. The summed E-state index contributed by atoms with van der Waals surface area (Å²) in [4.78, 5) is 10.6. The maximum Gasteiger partial charge on any atom is 1.00 e. The van der Waals surface area contributed by atoms with Gasteiger partial charge in [0.1, 0.15) is 0 Å². The van der Waals surface area contributed by atoms with Gasteiger partial charge in [0, 0.05) is 12.8 Å². The van der Waals surface area contributed by atoms with Crippen molar-refractivity contribution in [1.82, 2.24) is 0 Å². The first kappa shape index (κ1) is 15.9. The monoisotopic (exact) mass is 292 g/mol. The molecule has 0 amide bonds. The normalized spacial score (nSPS) is 25.3. The first-order valence-corrected chi connectivity index (χ1v) is 3.59. The number of quaternary nitrogens is 1. The van der Waals surface area contributed by atoms with Crippen LogP contribution in [0.25, 0.3) is 0 Å². The predicted molar refractivity (Wildman–Crippen MR) is 44.0 cm³/mol. The van der Waals surface area contributed by atoms with Crippen molar-refractivity contribution in [3.63, 3.8) is 0 Å². The molecule has 12 heavy (non-hydrogen) atoms. The third-order valence-corrected chi connectivity index (χ3v) is 2.34. The summed E-state index contributed by atoms with van der Waals surface area (Å²) in [7, 11) is 3.96. The summed E-state index contributed by atoms with van der Waals surface area (Å²) in [5, 5.41) is 8.73. The Kier molecular flexibility index (Phi) is 8.04. The van der Waals surface area contributed by atoms with Gasteiger partial charge in [-0.2, -0.15) is 0 Å². The molecule has 0 aromatic carbocycles. The predicted octanol–water partition coefficient (Wildman–Crippen LogP) is -2.24. The fourth-order valence-corrected chi connectivity index (χ4v) is 1.62. The smallest absolute Gasteiger partial charge is 0.477 e. The standard InChI is InChI=1S/C7H13NO2.CH3.Cs/c1-8(2)5-3-4-6(8)7(9)10;;/h6H,3-5H2,1-2H3;1H3;/q;-1;+1/p+1. The third-order valence-electron chi connectivity index (χ3n) is 2.34. The Labute approximate surface area is 134 Å². The number of likely N-dealkylation sites (N-methyl/N-ethyl adjacent to an activating group) is 1. The fraction of sp³-hybridized carbons (Fsp3) is 0.750. The Morgan fingerprint density at radius 1 is 1.50 bits per heavy atom. The van der Waals surface area contributed by atoms with Crippen LogP contribution in [0.15, 0.2) is 0 Å². The van der Waals surface area contributed by atoms with Crippen molar-refractivity contribution in [2.24, 2.45) is 0 Å². The quantitative estimate of drug-likeness (QED) is 0.438. The van der Waals surface area contributed by atoms with E-state index in [9.17, 15) is 4.79 Å². The number of hydrogen-bond donors (Lipinski definition) is 1. The third kappa shape index (κ3) is 3.69. The van der Waals surface area contributed by atoms with E-state index in [4.69, 9.17) is 5.11 Å². The summed E-state index contributed by atoms with van der Waals surface area (Å²) < 4.78 is 0.648. The largest absolute Gasteiger partial charge is 1.00 e. The molecule has 1 aliphatic heterocycles. The molecule has 0 spiro atoms. The van der Waals surface area contributed by atoms with Crippen molar-refractivity contribution >= 4 is 5.97 Å². The molecule has 0 aliphatic carbocycles. The molecular formula is C8H17CsNO2+. The second kappa shape index (κ2) is 6.06. The summed E-state index contributed by atoms with van der Waals surface area (Å²) in [6, 6.07) is -0.167. The maximum atomic E-state index is 10.6. The van der Waals surface area contributed by atoms with E-state index in [0.717, 1.165) is 19.4 Å². The van der Waals surface area contributed by atoms with Crippen LogP contribution in [0.1, 0.15) is 12.8 Å². The SMILES string of the molecule is C[N+]1(C)CCCC1C(=O)O.[CH3-].[Cs+]. The first-order valence-electron chi connectivity index (χ1n) is 3.59. The zero-order valence-electron chi connectivity index (χ0n) is 8.50. The van der Waals surface area contributed by atoms with E-state index in [1.807, 2.05) is 14.1 Å². The van der Waals surface area contributed by atoms with Gasteiger partial charge in [-0.05, 0) is 0 Å². The average Bonchev–Trinajstić information content (AvgIpc) is 2.08. The minimum atomic E-state index is -0.650. The molecule has 3 nitrogen and oxygen atoms in total. The van der Waals surface area contributed by atoms with E-state index in [2.05, 4.69) is 0 Å². The van der Waals surface area contributed by atoms with Crippen molar-refractivity contribution in [1.29, 1.82) is 0 Å². The van der Waals surface area contributed by atoms with Crippen molar-refractivity contribution < 1.29 is 83.3 Å². The molecule has 1 saturated heterocycles. The Balaban J connectivity index is 0. The molecule has 0 radical (unpaired) electrons. The molecule has 0 aromatic rings. The van der Waals surface area contributed by atoms with E-state index in [1.165, 1.54) is 0 Å². The maximum absolute atomic E-state index is 10.6. The van der Waals surface area contributed by atoms with Gasteiger partial charge in [-0.15, -0.1) is 0 Å². The first-order chi connectivity index (χ1) is 4.54. The number of aliphatic carboxylic acids is 1. The molecule has 0 saturated carbocycles. The van der Waals surface area contributed by atoms with E-state index in [-0.39, 0.29) is 82.4 Å². The van der Waals surface area contributed by atoms with Gasteiger partial charge in [0.25, 0.3) is 0 Å².